The zero-order valence-electron chi connectivity index (χ0n) is 9.38. The number of amides is 1. The molecular formula is C11H12N4O2. The first kappa shape index (κ1) is 11.1. The zero-order chi connectivity index (χ0) is 12.3. The van der Waals surface area contributed by atoms with Crippen LogP contribution in [0.15, 0.2) is 35.5 Å². The second-order valence-electron chi connectivity index (χ2n) is 3.38. The van der Waals surface area contributed by atoms with Crippen molar-refractivity contribution >= 4 is 11.9 Å². The van der Waals surface area contributed by atoms with E-state index in [1.807, 2.05) is 0 Å². The van der Waals surface area contributed by atoms with Crippen molar-refractivity contribution in [3.63, 3.8) is 0 Å². The summed E-state index contributed by atoms with van der Waals surface area (Å²) in [5, 5.41) is 6.69. The Hall–Kier alpha value is -2.37. The molecule has 0 aliphatic rings. The molecule has 0 spiro atoms. The molecular weight excluding hydrogens is 220 g/mol. The van der Waals surface area contributed by atoms with Gasteiger partial charge in [-0.25, -0.2) is 0 Å². The number of carbonyl (C=O) groups excluding carboxylic acids is 1. The molecule has 0 atom stereocenters. The van der Waals surface area contributed by atoms with Crippen molar-refractivity contribution in [3.8, 4) is 11.6 Å². The quantitative estimate of drug-likeness (QED) is 0.812. The van der Waals surface area contributed by atoms with Crippen molar-refractivity contribution in [3.05, 3.63) is 31.1 Å². The summed E-state index contributed by atoms with van der Waals surface area (Å²) < 4.78 is 5.18. The Morgan fingerprint density at radius 1 is 1.71 bits per heavy atom. The number of anilines is 1. The van der Waals surface area contributed by atoms with Crippen LogP contribution in [0.3, 0.4) is 0 Å². The van der Waals surface area contributed by atoms with Gasteiger partial charge in [0.1, 0.15) is 0 Å². The maximum Gasteiger partial charge on any atom is 0.252 e. The average molecular weight is 232 g/mol. The van der Waals surface area contributed by atoms with Gasteiger partial charge in [0.2, 0.25) is 5.91 Å². The van der Waals surface area contributed by atoms with E-state index in [0.29, 0.717) is 24.1 Å². The van der Waals surface area contributed by atoms with E-state index in [1.165, 1.54) is 11.8 Å². The Kier molecular flexibility index (Phi) is 3.04. The maximum atomic E-state index is 11.4. The molecule has 0 aliphatic heterocycles. The van der Waals surface area contributed by atoms with Crippen molar-refractivity contribution in [2.45, 2.75) is 6.92 Å². The third-order valence-corrected chi connectivity index (χ3v) is 2.16. The van der Waals surface area contributed by atoms with Crippen LogP contribution in [0.5, 0.6) is 0 Å². The number of rotatable bonds is 4. The smallest absolute Gasteiger partial charge is 0.252 e. The lowest BCUT2D eigenvalue weighted by Crippen LogP contribution is -2.29. The predicted molar refractivity (Wildman–Crippen MR) is 62.3 cm³/mol. The summed E-state index contributed by atoms with van der Waals surface area (Å²) in [7, 11) is 0. The molecule has 17 heavy (non-hydrogen) atoms. The molecule has 0 unspecified atom stereocenters. The van der Waals surface area contributed by atoms with Crippen molar-refractivity contribution in [2.75, 3.05) is 11.4 Å². The van der Waals surface area contributed by atoms with Gasteiger partial charge in [0.25, 0.3) is 5.95 Å². The van der Waals surface area contributed by atoms with Gasteiger partial charge in [-0.05, 0) is 12.1 Å². The van der Waals surface area contributed by atoms with Crippen LogP contribution in [-0.4, -0.2) is 27.6 Å². The van der Waals surface area contributed by atoms with Gasteiger partial charge in [-0.1, -0.05) is 6.08 Å². The van der Waals surface area contributed by atoms with Crippen LogP contribution in [0, 0.1) is 0 Å². The molecule has 2 aromatic rings. The Bertz CT molecular complexity index is 515. The fourth-order valence-corrected chi connectivity index (χ4v) is 1.38. The van der Waals surface area contributed by atoms with E-state index in [4.69, 9.17) is 4.42 Å². The number of carbonyl (C=O) groups is 1. The summed E-state index contributed by atoms with van der Waals surface area (Å²) in [4.78, 5) is 17.0. The highest BCUT2D eigenvalue weighted by atomic mass is 16.3. The number of hydrogen-bond donors (Lipinski definition) is 1. The van der Waals surface area contributed by atoms with E-state index in [0.717, 1.165) is 0 Å². The summed E-state index contributed by atoms with van der Waals surface area (Å²) in [5.41, 5.74) is 0. The third kappa shape index (κ3) is 2.25. The second-order valence-corrected chi connectivity index (χ2v) is 3.38. The minimum absolute atomic E-state index is 0.144. The first-order valence-corrected chi connectivity index (χ1v) is 5.07. The van der Waals surface area contributed by atoms with Gasteiger partial charge in [-0.3, -0.25) is 14.8 Å². The number of nitrogens with zero attached hydrogens (tertiary/aromatic N) is 3. The van der Waals surface area contributed by atoms with Crippen LogP contribution in [-0.2, 0) is 4.79 Å². The molecule has 0 aromatic carbocycles. The molecule has 6 nitrogen and oxygen atoms in total. The highest BCUT2D eigenvalue weighted by molar-refractivity contribution is 5.89. The molecule has 2 heterocycles. The number of furan rings is 1. The van der Waals surface area contributed by atoms with Crippen molar-refractivity contribution in [1.29, 1.82) is 0 Å². The maximum absolute atomic E-state index is 11.4. The number of aromatic nitrogens is 3. The Morgan fingerprint density at radius 3 is 3.12 bits per heavy atom. The fraction of sp³-hybridized carbons (Fsp3) is 0.182. The number of nitrogens with one attached hydrogen (secondary N) is 1. The summed E-state index contributed by atoms with van der Waals surface area (Å²) in [6.45, 7) is 5.40. The predicted octanol–water partition coefficient (Wildman–Crippen LogP) is 1.60. The molecule has 1 N–H and O–H groups in total. The molecule has 2 aromatic heterocycles. The molecule has 1 amide bonds. The summed E-state index contributed by atoms with van der Waals surface area (Å²) in [6.07, 6.45) is 3.16. The lowest BCUT2D eigenvalue weighted by atomic mass is 10.4. The monoisotopic (exact) mass is 232 g/mol. The minimum atomic E-state index is -0.144. The van der Waals surface area contributed by atoms with Gasteiger partial charge in [-0.15, -0.1) is 11.7 Å². The Morgan fingerprint density at radius 2 is 2.53 bits per heavy atom. The lowest BCUT2D eigenvalue weighted by Gasteiger charge is -2.13. The van der Waals surface area contributed by atoms with Crippen LogP contribution in [0.4, 0.5) is 5.95 Å². The standard InChI is InChI=1S/C11H12N4O2/c1-3-6-15(8(2)16)11-12-10(13-14-11)9-5-4-7-17-9/h3-5,7H,1,6H2,2H3,(H,12,13,14). The van der Waals surface area contributed by atoms with Crippen LogP contribution in [0.1, 0.15) is 6.92 Å². The minimum Gasteiger partial charge on any atom is -0.461 e. The van der Waals surface area contributed by atoms with Crippen molar-refractivity contribution in [2.24, 2.45) is 0 Å². The summed E-state index contributed by atoms with van der Waals surface area (Å²) in [6, 6.07) is 3.51. The average Bonchev–Trinajstić information content (AvgIpc) is 2.95. The highest BCUT2D eigenvalue weighted by Gasteiger charge is 2.16. The van der Waals surface area contributed by atoms with E-state index >= 15 is 0 Å². The van der Waals surface area contributed by atoms with Crippen LogP contribution in [0.2, 0.25) is 0 Å². The molecule has 0 fully saturated rings. The van der Waals surface area contributed by atoms with Crippen LogP contribution < -0.4 is 4.90 Å². The molecule has 88 valence electrons. The Balaban J connectivity index is 2.28. The van der Waals surface area contributed by atoms with E-state index in [9.17, 15) is 4.79 Å². The molecule has 6 heteroatoms. The lowest BCUT2D eigenvalue weighted by molar-refractivity contribution is -0.116. The number of hydrogen-bond acceptors (Lipinski definition) is 4. The third-order valence-electron chi connectivity index (χ3n) is 2.16. The van der Waals surface area contributed by atoms with Crippen molar-refractivity contribution in [1.82, 2.24) is 15.2 Å². The first-order chi connectivity index (χ1) is 8.22. The summed E-state index contributed by atoms with van der Waals surface area (Å²) in [5.74, 6) is 1.23. The second kappa shape index (κ2) is 4.65. The molecule has 0 saturated carbocycles. The Labute approximate surface area is 98.0 Å². The number of H-pyrrole nitrogens is 1. The molecule has 0 radical (unpaired) electrons. The van der Waals surface area contributed by atoms with Crippen molar-refractivity contribution < 1.29 is 9.21 Å². The summed E-state index contributed by atoms with van der Waals surface area (Å²) >= 11 is 0. The van der Waals surface area contributed by atoms with Gasteiger partial charge >= 0.3 is 0 Å². The van der Waals surface area contributed by atoms with Crippen LogP contribution in [0.25, 0.3) is 11.6 Å². The topological polar surface area (TPSA) is 75.0 Å². The zero-order valence-corrected chi connectivity index (χ0v) is 9.38. The van der Waals surface area contributed by atoms with E-state index < -0.39 is 0 Å². The highest BCUT2D eigenvalue weighted by Crippen LogP contribution is 2.17. The molecule has 0 bridgehead atoms. The molecule has 2 rings (SSSR count). The normalized spacial score (nSPS) is 10.2. The van der Waals surface area contributed by atoms with Gasteiger partial charge in [0, 0.05) is 13.5 Å². The van der Waals surface area contributed by atoms with Gasteiger partial charge < -0.3 is 4.42 Å². The van der Waals surface area contributed by atoms with Crippen LogP contribution >= 0.6 is 0 Å². The van der Waals surface area contributed by atoms with E-state index in [1.54, 1.807) is 24.5 Å². The van der Waals surface area contributed by atoms with Gasteiger partial charge in [-0.2, -0.15) is 4.98 Å². The first-order valence-electron chi connectivity index (χ1n) is 5.07. The molecule has 0 saturated heterocycles. The SMILES string of the molecule is C=CCN(C(C)=O)c1n[nH]c(-c2ccco2)n1. The molecule has 0 aliphatic carbocycles. The van der Waals surface area contributed by atoms with E-state index in [2.05, 4.69) is 21.8 Å². The van der Waals surface area contributed by atoms with Gasteiger partial charge in [0.05, 0.1) is 6.26 Å². The van der Waals surface area contributed by atoms with E-state index in [-0.39, 0.29) is 5.91 Å². The largest absolute Gasteiger partial charge is 0.461 e. The number of aromatic amines is 1. The van der Waals surface area contributed by atoms with Gasteiger partial charge in [0.15, 0.2) is 11.6 Å². The fourth-order valence-electron chi connectivity index (χ4n) is 1.38.